The number of benzene rings is 2. The van der Waals surface area contributed by atoms with Gasteiger partial charge in [-0.2, -0.15) is 0 Å². The van der Waals surface area contributed by atoms with Crippen LogP contribution in [0.5, 0.6) is 5.75 Å². The molecule has 5 heteroatoms. The molecule has 2 aromatic carbocycles. The summed E-state index contributed by atoms with van der Waals surface area (Å²) >= 11 is 5.99. The van der Waals surface area contributed by atoms with E-state index in [1.165, 1.54) is 20.1 Å². The normalized spacial score (nSPS) is 10.2. The first-order valence-corrected chi connectivity index (χ1v) is 6.54. The molecule has 2 aromatic rings. The second kappa shape index (κ2) is 5.97. The minimum absolute atomic E-state index is 0.0839. The molecule has 2 rings (SSSR count). The molecule has 0 bridgehead atoms. The number of aromatic carboxylic acids is 1. The van der Waals surface area contributed by atoms with Crippen molar-refractivity contribution in [2.45, 2.75) is 6.92 Å². The van der Waals surface area contributed by atoms with Crippen molar-refractivity contribution in [3.05, 3.63) is 52.5 Å². The second-order valence-corrected chi connectivity index (χ2v) is 4.90. The summed E-state index contributed by atoms with van der Waals surface area (Å²) in [6.45, 7) is 1.42. The SMILES string of the molecule is COc1ccc(C(=O)O)c(-c2cc(Cl)ccc2C(C)=O)c1. The fourth-order valence-corrected chi connectivity index (χ4v) is 2.28. The molecule has 0 aliphatic carbocycles. The Morgan fingerprint density at radius 1 is 1.05 bits per heavy atom. The van der Waals surface area contributed by atoms with Crippen molar-refractivity contribution in [2.24, 2.45) is 0 Å². The highest BCUT2D eigenvalue weighted by molar-refractivity contribution is 6.31. The van der Waals surface area contributed by atoms with Gasteiger partial charge in [-0.05, 0) is 48.9 Å². The quantitative estimate of drug-likeness (QED) is 0.870. The Kier molecular flexibility index (Phi) is 4.29. The number of carbonyl (C=O) groups excluding carboxylic acids is 1. The fraction of sp³-hybridized carbons (Fsp3) is 0.125. The van der Waals surface area contributed by atoms with E-state index in [1.54, 1.807) is 30.3 Å². The van der Waals surface area contributed by atoms with Gasteiger partial charge in [0.25, 0.3) is 0 Å². The lowest BCUT2D eigenvalue weighted by molar-refractivity contribution is 0.0697. The van der Waals surface area contributed by atoms with Crippen LogP contribution < -0.4 is 4.74 Å². The van der Waals surface area contributed by atoms with Crippen LogP contribution in [0.2, 0.25) is 5.02 Å². The third kappa shape index (κ3) is 3.06. The summed E-state index contributed by atoms with van der Waals surface area (Å²) in [6.07, 6.45) is 0. The number of Topliss-reactive ketones (excluding diaryl/α,β-unsaturated/α-hetero) is 1. The number of hydrogen-bond donors (Lipinski definition) is 1. The molecule has 0 aliphatic rings. The van der Waals surface area contributed by atoms with Crippen LogP contribution in [0.1, 0.15) is 27.6 Å². The van der Waals surface area contributed by atoms with Gasteiger partial charge in [0.1, 0.15) is 5.75 Å². The lowest BCUT2D eigenvalue weighted by Crippen LogP contribution is -2.03. The molecule has 1 N–H and O–H groups in total. The van der Waals surface area contributed by atoms with Crippen LogP contribution in [0.4, 0.5) is 0 Å². The monoisotopic (exact) mass is 304 g/mol. The number of carboxylic acid groups (broad SMARTS) is 1. The Morgan fingerprint density at radius 2 is 1.67 bits per heavy atom. The third-order valence-electron chi connectivity index (χ3n) is 3.11. The molecular weight excluding hydrogens is 292 g/mol. The first-order valence-electron chi connectivity index (χ1n) is 6.16. The van der Waals surface area contributed by atoms with Gasteiger partial charge in [0.2, 0.25) is 0 Å². The standard InChI is InChI=1S/C16H13ClO4/c1-9(18)12-5-3-10(17)7-14(12)15-8-11(21-2)4-6-13(15)16(19)20/h3-8H,1-2H3,(H,19,20). The first-order chi connectivity index (χ1) is 9.93. The van der Waals surface area contributed by atoms with E-state index in [2.05, 4.69) is 0 Å². The van der Waals surface area contributed by atoms with Crippen LogP contribution in [-0.4, -0.2) is 24.0 Å². The van der Waals surface area contributed by atoms with Gasteiger partial charge in [-0.15, -0.1) is 0 Å². The summed E-state index contributed by atoms with van der Waals surface area (Å²) in [5.74, 6) is -0.743. The van der Waals surface area contributed by atoms with Gasteiger partial charge in [-0.25, -0.2) is 4.79 Å². The number of carboxylic acids is 1. The zero-order chi connectivity index (χ0) is 15.6. The number of carbonyl (C=O) groups is 2. The van der Waals surface area contributed by atoms with E-state index in [0.29, 0.717) is 27.5 Å². The fourth-order valence-electron chi connectivity index (χ4n) is 2.11. The maximum Gasteiger partial charge on any atom is 0.336 e. The average molecular weight is 305 g/mol. The molecule has 0 radical (unpaired) electrons. The summed E-state index contributed by atoms with van der Waals surface area (Å²) in [7, 11) is 1.49. The number of methoxy groups -OCH3 is 1. The Balaban J connectivity index is 2.78. The minimum Gasteiger partial charge on any atom is -0.497 e. The Morgan fingerprint density at radius 3 is 2.24 bits per heavy atom. The van der Waals surface area contributed by atoms with Gasteiger partial charge in [0, 0.05) is 16.1 Å². The van der Waals surface area contributed by atoms with Gasteiger partial charge in [0.15, 0.2) is 5.78 Å². The van der Waals surface area contributed by atoms with E-state index >= 15 is 0 Å². The Labute approximate surface area is 126 Å². The first kappa shape index (κ1) is 15.1. The van der Waals surface area contributed by atoms with Gasteiger partial charge in [-0.3, -0.25) is 4.79 Å². The molecule has 0 spiro atoms. The number of hydrogen-bond acceptors (Lipinski definition) is 3. The van der Waals surface area contributed by atoms with Crippen molar-refractivity contribution >= 4 is 23.4 Å². The second-order valence-electron chi connectivity index (χ2n) is 4.46. The highest BCUT2D eigenvalue weighted by atomic mass is 35.5. The number of halogens is 1. The van der Waals surface area contributed by atoms with Gasteiger partial charge < -0.3 is 9.84 Å². The molecule has 0 fully saturated rings. The van der Waals surface area contributed by atoms with Gasteiger partial charge in [-0.1, -0.05) is 11.6 Å². The molecule has 21 heavy (non-hydrogen) atoms. The molecule has 0 heterocycles. The number of ketones is 1. The molecular formula is C16H13ClO4. The summed E-state index contributed by atoms with van der Waals surface area (Å²) in [5.41, 5.74) is 1.37. The molecule has 4 nitrogen and oxygen atoms in total. The predicted molar refractivity (Wildman–Crippen MR) is 80.4 cm³/mol. The van der Waals surface area contributed by atoms with Crippen LogP contribution in [0.15, 0.2) is 36.4 Å². The predicted octanol–water partition coefficient (Wildman–Crippen LogP) is 3.92. The molecule has 0 amide bonds. The molecule has 0 atom stereocenters. The zero-order valence-electron chi connectivity index (χ0n) is 11.5. The smallest absolute Gasteiger partial charge is 0.336 e. The molecule has 0 aliphatic heterocycles. The Hall–Kier alpha value is -2.33. The van der Waals surface area contributed by atoms with Crippen molar-refractivity contribution in [3.8, 4) is 16.9 Å². The largest absolute Gasteiger partial charge is 0.497 e. The van der Waals surface area contributed by atoms with E-state index in [4.69, 9.17) is 16.3 Å². The van der Waals surface area contributed by atoms with Crippen molar-refractivity contribution < 1.29 is 19.4 Å². The summed E-state index contributed by atoms with van der Waals surface area (Å²) in [5, 5.41) is 9.76. The van der Waals surface area contributed by atoms with Crippen LogP contribution in [0.25, 0.3) is 11.1 Å². The van der Waals surface area contributed by atoms with E-state index in [1.807, 2.05) is 0 Å². The lowest BCUT2D eigenvalue weighted by atomic mass is 9.93. The maximum atomic E-state index is 11.8. The van der Waals surface area contributed by atoms with Crippen molar-refractivity contribution in [2.75, 3.05) is 7.11 Å². The highest BCUT2D eigenvalue weighted by Gasteiger charge is 2.17. The molecule has 0 unspecified atom stereocenters. The molecule has 0 saturated heterocycles. The van der Waals surface area contributed by atoms with Crippen LogP contribution in [0.3, 0.4) is 0 Å². The summed E-state index contributed by atoms with van der Waals surface area (Å²) in [4.78, 5) is 23.2. The summed E-state index contributed by atoms with van der Waals surface area (Å²) in [6, 6.07) is 9.36. The Bertz CT molecular complexity index is 722. The molecule has 0 aromatic heterocycles. The average Bonchev–Trinajstić information content (AvgIpc) is 2.46. The highest BCUT2D eigenvalue weighted by Crippen LogP contribution is 2.33. The van der Waals surface area contributed by atoms with Crippen molar-refractivity contribution in [1.82, 2.24) is 0 Å². The summed E-state index contributed by atoms with van der Waals surface area (Å²) < 4.78 is 5.13. The number of rotatable bonds is 4. The van der Waals surface area contributed by atoms with Crippen molar-refractivity contribution in [3.63, 3.8) is 0 Å². The zero-order valence-corrected chi connectivity index (χ0v) is 12.3. The van der Waals surface area contributed by atoms with E-state index in [0.717, 1.165) is 0 Å². The van der Waals surface area contributed by atoms with Gasteiger partial charge in [0.05, 0.1) is 12.7 Å². The maximum absolute atomic E-state index is 11.8. The lowest BCUT2D eigenvalue weighted by Gasteiger charge is -2.12. The van der Waals surface area contributed by atoms with Crippen LogP contribution >= 0.6 is 11.6 Å². The van der Waals surface area contributed by atoms with Crippen LogP contribution in [-0.2, 0) is 0 Å². The third-order valence-corrected chi connectivity index (χ3v) is 3.34. The van der Waals surface area contributed by atoms with E-state index < -0.39 is 5.97 Å². The van der Waals surface area contributed by atoms with Crippen molar-refractivity contribution in [1.29, 1.82) is 0 Å². The molecule has 108 valence electrons. The van der Waals surface area contributed by atoms with E-state index in [-0.39, 0.29) is 11.3 Å². The van der Waals surface area contributed by atoms with Gasteiger partial charge >= 0.3 is 5.97 Å². The minimum atomic E-state index is -1.08. The topological polar surface area (TPSA) is 63.6 Å². The van der Waals surface area contributed by atoms with E-state index in [9.17, 15) is 14.7 Å². The molecule has 0 saturated carbocycles. The van der Waals surface area contributed by atoms with Crippen LogP contribution in [0, 0.1) is 0 Å². The number of ether oxygens (including phenoxy) is 1.